The average molecular weight is 230 g/mol. The summed E-state index contributed by atoms with van der Waals surface area (Å²) < 4.78 is 0. The van der Waals surface area contributed by atoms with Gasteiger partial charge in [-0.05, 0) is 12.1 Å². The van der Waals surface area contributed by atoms with Gasteiger partial charge in [0.2, 0.25) is 0 Å². The van der Waals surface area contributed by atoms with Crippen LogP contribution in [0.1, 0.15) is 15.9 Å². The first-order chi connectivity index (χ1) is 7.81. The van der Waals surface area contributed by atoms with E-state index < -0.39 is 0 Å². The highest BCUT2D eigenvalue weighted by molar-refractivity contribution is 8.03. The van der Waals surface area contributed by atoms with E-state index in [9.17, 15) is 4.79 Å². The maximum Gasteiger partial charge on any atom is 0.189 e. The summed E-state index contributed by atoms with van der Waals surface area (Å²) in [6.45, 7) is 0.893. The number of ketones is 1. The summed E-state index contributed by atoms with van der Waals surface area (Å²) in [7, 11) is 0. The molecule has 1 aliphatic rings. The number of nitriles is 1. The molecule has 0 amide bonds. The third-order valence-electron chi connectivity index (χ3n) is 2.23. The second kappa shape index (κ2) is 4.86. The second-order valence-corrected chi connectivity index (χ2v) is 4.44. The predicted molar refractivity (Wildman–Crippen MR) is 64.0 cm³/mol. The molecule has 1 aromatic carbocycles. The van der Waals surface area contributed by atoms with Gasteiger partial charge in [-0.1, -0.05) is 12.1 Å². The van der Waals surface area contributed by atoms with Gasteiger partial charge in [0, 0.05) is 23.9 Å². The molecule has 0 aromatic heterocycles. The van der Waals surface area contributed by atoms with E-state index in [4.69, 9.17) is 5.26 Å². The first kappa shape index (κ1) is 10.8. The number of carbonyl (C=O) groups excluding carboxylic acids is 1. The quantitative estimate of drug-likeness (QED) is 0.623. The van der Waals surface area contributed by atoms with Crippen LogP contribution in [0.5, 0.6) is 0 Å². The van der Waals surface area contributed by atoms with Crippen molar-refractivity contribution in [2.75, 3.05) is 12.3 Å². The molecule has 1 saturated heterocycles. The number of hydrogen-bond acceptors (Lipinski definition) is 4. The first-order valence-corrected chi connectivity index (χ1v) is 5.91. The van der Waals surface area contributed by atoms with Crippen LogP contribution < -0.4 is 5.32 Å². The number of allylic oxidation sites excluding steroid dienone is 1. The highest BCUT2D eigenvalue weighted by Crippen LogP contribution is 2.19. The molecular weight excluding hydrogens is 220 g/mol. The molecule has 4 heteroatoms. The van der Waals surface area contributed by atoms with Crippen LogP contribution in [-0.4, -0.2) is 18.1 Å². The van der Waals surface area contributed by atoms with Crippen LogP contribution in [0.2, 0.25) is 0 Å². The lowest BCUT2D eigenvalue weighted by molar-refractivity contribution is 0.104. The molecule has 3 nitrogen and oxygen atoms in total. The van der Waals surface area contributed by atoms with Crippen LogP contribution in [-0.2, 0) is 0 Å². The van der Waals surface area contributed by atoms with Gasteiger partial charge in [-0.3, -0.25) is 4.79 Å². The summed E-state index contributed by atoms with van der Waals surface area (Å²) in [5, 5.41) is 12.9. The second-order valence-electron chi connectivity index (χ2n) is 3.31. The van der Waals surface area contributed by atoms with Crippen molar-refractivity contribution < 1.29 is 4.79 Å². The van der Waals surface area contributed by atoms with Crippen LogP contribution in [0.15, 0.2) is 35.4 Å². The topological polar surface area (TPSA) is 52.9 Å². The molecule has 16 heavy (non-hydrogen) atoms. The van der Waals surface area contributed by atoms with Crippen LogP contribution >= 0.6 is 11.8 Å². The molecule has 0 spiro atoms. The molecule has 0 saturated carbocycles. The Kier molecular flexibility index (Phi) is 3.28. The Morgan fingerprint density at radius 2 is 2.31 bits per heavy atom. The minimum Gasteiger partial charge on any atom is -0.379 e. The molecule has 1 fully saturated rings. The zero-order chi connectivity index (χ0) is 11.4. The lowest BCUT2D eigenvalue weighted by Crippen LogP contribution is -2.07. The van der Waals surface area contributed by atoms with Crippen molar-refractivity contribution in [3.8, 4) is 6.07 Å². The summed E-state index contributed by atoms with van der Waals surface area (Å²) >= 11 is 1.63. The first-order valence-electron chi connectivity index (χ1n) is 4.93. The smallest absolute Gasteiger partial charge is 0.189 e. The number of hydrogen-bond donors (Lipinski definition) is 1. The molecule has 0 atom stereocenters. The van der Waals surface area contributed by atoms with Crippen molar-refractivity contribution in [3.63, 3.8) is 0 Å². The number of thioether (sulfide) groups is 1. The number of nitrogens with zero attached hydrogens (tertiary/aromatic N) is 1. The van der Waals surface area contributed by atoms with Gasteiger partial charge in [0.15, 0.2) is 5.78 Å². The zero-order valence-electron chi connectivity index (χ0n) is 8.56. The Morgan fingerprint density at radius 3 is 3.00 bits per heavy atom. The Balaban J connectivity index is 2.27. The number of carbonyl (C=O) groups is 1. The standard InChI is InChI=1S/C12H10N2OS/c13-8-9-3-1-2-4-10(9)11(15)7-12-14-5-6-16-12/h1-4,7,14H,5-6H2/b12-7-. The SMILES string of the molecule is N#Cc1ccccc1C(=O)/C=C1/NCCS1. The van der Waals surface area contributed by atoms with E-state index in [0.717, 1.165) is 17.3 Å². The fourth-order valence-electron chi connectivity index (χ4n) is 1.47. The van der Waals surface area contributed by atoms with Gasteiger partial charge in [-0.25, -0.2) is 0 Å². The van der Waals surface area contributed by atoms with Crippen molar-refractivity contribution in [2.24, 2.45) is 0 Å². The fraction of sp³-hybridized carbons (Fsp3) is 0.167. The van der Waals surface area contributed by atoms with Gasteiger partial charge in [-0.2, -0.15) is 5.26 Å². The maximum atomic E-state index is 11.9. The van der Waals surface area contributed by atoms with Crippen molar-refractivity contribution in [1.29, 1.82) is 5.26 Å². The van der Waals surface area contributed by atoms with Crippen molar-refractivity contribution in [2.45, 2.75) is 0 Å². The summed E-state index contributed by atoms with van der Waals surface area (Å²) in [5.41, 5.74) is 0.888. The van der Waals surface area contributed by atoms with E-state index in [1.54, 1.807) is 42.1 Å². The monoisotopic (exact) mass is 230 g/mol. The largest absolute Gasteiger partial charge is 0.379 e. The molecular formula is C12H10N2OS. The predicted octanol–water partition coefficient (Wildman–Crippen LogP) is 1.92. The van der Waals surface area contributed by atoms with E-state index in [0.29, 0.717) is 11.1 Å². The number of benzene rings is 1. The fourth-order valence-corrected chi connectivity index (χ4v) is 2.29. The van der Waals surface area contributed by atoms with Crippen LogP contribution in [0.3, 0.4) is 0 Å². The van der Waals surface area contributed by atoms with Gasteiger partial charge in [0.25, 0.3) is 0 Å². The Morgan fingerprint density at radius 1 is 1.50 bits per heavy atom. The van der Waals surface area contributed by atoms with E-state index in [1.165, 1.54) is 0 Å². The number of rotatable bonds is 2. The van der Waals surface area contributed by atoms with Gasteiger partial charge in [0.1, 0.15) is 0 Å². The molecule has 1 heterocycles. The van der Waals surface area contributed by atoms with Crippen LogP contribution in [0.25, 0.3) is 0 Å². The maximum absolute atomic E-state index is 11.9. The Bertz CT molecular complexity index is 480. The van der Waals surface area contributed by atoms with Crippen molar-refractivity contribution >= 4 is 17.5 Å². The van der Waals surface area contributed by atoms with Gasteiger partial charge in [0.05, 0.1) is 16.7 Å². The average Bonchev–Trinajstić information content (AvgIpc) is 2.81. The highest BCUT2D eigenvalue weighted by atomic mass is 32.2. The third-order valence-corrected chi connectivity index (χ3v) is 3.22. The summed E-state index contributed by atoms with van der Waals surface area (Å²) in [6.07, 6.45) is 1.56. The zero-order valence-corrected chi connectivity index (χ0v) is 9.38. The number of nitrogens with one attached hydrogen (secondary N) is 1. The molecule has 80 valence electrons. The lowest BCUT2D eigenvalue weighted by Gasteiger charge is -2.00. The van der Waals surface area contributed by atoms with E-state index >= 15 is 0 Å². The van der Waals surface area contributed by atoms with Gasteiger partial charge in [-0.15, -0.1) is 11.8 Å². The Hall–Kier alpha value is -1.73. The van der Waals surface area contributed by atoms with Crippen LogP contribution in [0, 0.1) is 11.3 Å². The molecule has 1 aliphatic heterocycles. The van der Waals surface area contributed by atoms with Gasteiger partial charge >= 0.3 is 0 Å². The molecule has 1 aromatic rings. The minimum absolute atomic E-state index is 0.117. The molecule has 1 N–H and O–H groups in total. The van der Waals surface area contributed by atoms with E-state index in [-0.39, 0.29) is 5.78 Å². The normalized spacial score (nSPS) is 16.8. The summed E-state index contributed by atoms with van der Waals surface area (Å²) in [6, 6.07) is 8.88. The third kappa shape index (κ3) is 2.26. The Labute approximate surface area is 98.2 Å². The molecule has 0 radical (unpaired) electrons. The highest BCUT2D eigenvalue weighted by Gasteiger charge is 2.12. The lowest BCUT2D eigenvalue weighted by atomic mass is 10.0. The molecule has 0 bridgehead atoms. The van der Waals surface area contributed by atoms with E-state index in [2.05, 4.69) is 5.32 Å². The summed E-state index contributed by atoms with van der Waals surface area (Å²) in [5.74, 6) is 0.869. The summed E-state index contributed by atoms with van der Waals surface area (Å²) in [4.78, 5) is 11.9. The minimum atomic E-state index is -0.117. The van der Waals surface area contributed by atoms with Crippen LogP contribution in [0.4, 0.5) is 0 Å². The molecule has 0 unspecified atom stereocenters. The molecule has 0 aliphatic carbocycles. The van der Waals surface area contributed by atoms with Gasteiger partial charge < -0.3 is 5.32 Å². The van der Waals surface area contributed by atoms with E-state index in [1.807, 2.05) is 6.07 Å². The molecule has 2 rings (SSSR count). The van der Waals surface area contributed by atoms with Crippen molar-refractivity contribution in [1.82, 2.24) is 5.32 Å². The van der Waals surface area contributed by atoms with Crippen molar-refractivity contribution in [3.05, 3.63) is 46.5 Å².